The molecule has 0 saturated carbocycles. The number of hydrogen-bond donors (Lipinski definition) is 0. The van der Waals surface area contributed by atoms with E-state index in [4.69, 9.17) is 4.74 Å². The third kappa shape index (κ3) is 5.72. The van der Waals surface area contributed by atoms with Crippen molar-refractivity contribution in [3.05, 3.63) is 83.7 Å². The Morgan fingerprint density at radius 3 is 2.62 bits per heavy atom. The Balaban J connectivity index is 1.59. The van der Waals surface area contributed by atoms with Crippen LogP contribution in [-0.2, 0) is 21.2 Å². The van der Waals surface area contributed by atoms with Gasteiger partial charge in [0.2, 0.25) is 0 Å². The first kappa shape index (κ1) is 22.9. The summed E-state index contributed by atoms with van der Waals surface area (Å²) in [6, 6.07) is 14.6. The third-order valence-electron chi connectivity index (χ3n) is 6.18. The Hall–Kier alpha value is -2.32. The summed E-state index contributed by atoms with van der Waals surface area (Å²) >= 11 is 0. The maximum Gasteiger partial charge on any atom is 0.152 e. The number of sulfone groups is 1. The fourth-order valence-electron chi connectivity index (χ4n) is 4.25. The number of hydrogen-bond acceptors (Lipinski definition) is 6. The zero-order valence-corrected chi connectivity index (χ0v) is 19.4. The molecular weight excluding hydrogens is 422 g/mol. The predicted octanol–water partition coefficient (Wildman–Crippen LogP) is 3.30. The number of pyridine rings is 1. The van der Waals surface area contributed by atoms with Crippen LogP contribution in [0.15, 0.2) is 66.9 Å². The first-order valence-corrected chi connectivity index (χ1v) is 12.9. The van der Waals surface area contributed by atoms with Crippen molar-refractivity contribution >= 4 is 15.4 Å². The molecule has 2 aliphatic heterocycles. The summed E-state index contributed by atoms with van der Waals surface area (Å²) in [6.45, 7) is 9.89. The van der Waals surface area contributed by atoms with Crippen LogP contribution in [0.3, 0.4) is 0 Å². The molecule has 2 aliphatic rings. The molecule has 1 atom stereocenters. The van der Waals surface area contributed by atoms with Gasteiger partial charge in [-0.3, -0.25) is 14.8 Å². The molecule has 0 radical (unpaired) electrons. The summed E-state index contributed by atoms with van der Waals surface area (Å²) in [5, 5.41) is 0. The molecule has 1 saturated heterocycles. The van der Waals surface area contributed by atoms with E-state index in [9.17, 15) is 8.42 Å². The highest BCUT2D eigenvalue weighted by atomic mass is 32.2. The Labute approximate surface area is 191 Å². The summed E-state index contributed by atoms with van der Waals surface area (Å²) < 4.78 is 29.8. The summed E-state index contributed by atoms with van der Waals surface area (Å²) in [4.78, 5) is 9.06. The average molecular weight is 454 g/mol. The van der Waals surface area contributed by atoms with Gasteiger partial charge in [0.15, 0.2) is 9.84 Å². The zero-order chi connectivity index (χ0) is 22.6. The molecule has 0 spiro atoms. The summed E-state index contributed by atoms with van der Waals surface area (Å²) in [5.41, 5.74) is 5.28. The lowest BCUT2D eigenvalue weighted by Gasteiger charge is -2.31. The first-order valence-electron chi connectivity index (χ1n) is 11.0. The number of aromatic nitrogens is 1. The summed E-state index contributed by atoms with van der Waals surface area (Å²) in [7, 11) is -2.91. The quantitative estimate of drug-likeness (QED) is 0.708. The monoisotopic (exact) mass is 453 g/mol. The normalized spacial score (nSPS) is 23.0. The molecule has 0 N–H and O–H groups in total. The van der Waals surface area contributed by atoms with E-state index in [-0.39, 0.29) is 17.5 Å². The first-order chi connectivity index (χ1) is 15.4. The van der Waals surface area contributed by atoms with Crippen molar-refractivity contribution in [1.82, 2.24) is 14.8 Å². The van der Waals surface area contributed by atoms with Gasteiger partial charge in [0.1, 0.15) is 6.73 Å². The predicted molar refractivity (Wildman–Crippen MR) is 128 cm³/mol. The zero-order valence-electron chi connectivity index (χ0n) is 18.6. The molecule has 6 nitrogen and oxygen atoms in total. The Morgan fingerprint density at radius 2 is 1.88 bits per heavy atom. The second-order valence-corrected chi connectivity index (χ2v) is 10.9. The van der Waals surface area contributed by atoms with Crippen LogP contribution in [-0.4, -0.2) is 67.6 Å². The summed E-state index contributed by atoms with van der Waals surface area (Å²) in [5.74, 6) is 0.430. The largest absolute Gasteiger partial charge is 0.360 e. The molecule has 2 aromatic rings. The van der Waals surface area contributed by atoms with E-state index in [0.717, 1.165) is 22.4 Å². The fourth-order valence-corrected chi connectivity index (χ4v) is 5.53. The van der Waals surface area contributed by atoms with Gasteiger partial charge in [0, 0.05) is 44.0 Å². The molecule has 4 rings (SSSR count). The average Bonchev–Trinajstić information content (AvgIpc) is 2.79. The lowest BCUT2D eigenvalue weighted by molar-refractivity contribution is 0.00297. The molecule has 1 unspecified atom stereocenters. The van der Waals surface area contributed by atoms with Crippen LogP contribution < -0.4 is 0 Å². The molecular formula is C25H31N3O3S. The molecule has 0 bridgehead atoms. The van der Waals surface area contributed by atoms with E-state index in [0.29, 0.717) is 39.5 Å². The lowest BCUT2D eigenvalue weighted by Crippen LogP contribution is -2.41. The standard InChI is InChI=1S/C25H31N3O3S/c1-20-15-23(17-27-11-13-32(29,30)14-12-27)24-9-6-10-26-25(24)18-31-19-28(16-20)21(2)22-7-4-3-5-8-22/h3-10,15,21H,1,11-14,16-19H2,2H3/b23-15-. The van der Waals surface area contributed by atoms with Crippen molar-refractivity contribution in [3.63, 3.8) is 0 Å². The second-order valence-electron chi connectivity index (χ2n) is 8.56. The van der Waals surface area contributed by atoms with Gasteiger partial charge >= 0.3 is 0 Å². The van der Waals surface area contributed by atoms with Gasteiger partial charge in [-0.05, 0) is 29.7 Å². The minimum atomic E-state index is -2.91. The minimum Gasteiger partial charge on any atom is -0.360 e. The smallest absolute Gasteiger partial charge is 0.152 e. The number of fused-ring (bicyclic) bond motifs is 1. The van der Waals surface area contributed by atoms with E-state index < -0.39 is 9.84 Å². The van der Waals surface area contributed by atoms with E-state index in [2.05, 4.69) is 64.7 Å². The van der Waals surface area contributed by atoms with Crippen LogP contribution in [0.1, 0.15) is 29.8 Å². The van der Waals surface area contributed by atoms with Gasteiger partial charge in [-0.2, -0.15) is 0 Å². The number of benzene rings is 1. The van der Waals surface area contributed by atoms with Crippen molar-refractivity contribution in [2.24, 2.45) is 0 Å². The SMILES string of the molecule is C=C1/C=C(/CN2CCS(=O)(=O)CC2)c2cccnc2COCN(C(C)c2ccccc2)C1. The van der Waals surface area contributed by atoms with Gasteiger partial charge < -0.3 is 4.74 Å². The molecule has 3 heterocycles. The van der Waals surface area contributed by atoms with Gasteiger partial charge in [-0.15, -0.1) is 0 Å². The van der Waals surface area contributed by atoms with Crippen LogP contribution in [0, 0.1) is 0 Å². The molecule has 0 amide bonds. The molecule has 1 aromatic carbocycles. The van der Waals surface area contributed by atoms with Crippen LogP contribution in [0.2, 0.25) is 0 Å². The second kappa shape index (κ2) is 10.1. The fraction of sp³-hybridized carbons (Fsp3) is 0.400. The van der Waals surface area contributed by atoms with Gasteiger partial charge in [-0.25, -0.2) is 8.42 Å². The Kier molecular flexibility index (Phi) is 7.20. The minimum absolute atomic E-state index is 0.180. The van der Waals surface area contributed by atoms with Crippen molar-refractivity contribution in [2.45, 2.75) is 19.6 Å². The lowest BCUT2D eigenvalue weighted by atomic mass is 10.00. The topological polar surface area (TPSA) is 62.7 Å². The van der Waals surface area contributed by atoms with E-state index in [1.807, 2.05) is 12.1 Å². The van der Waals surface area contributed by atoms with E-state index in [1.165, 1.54) is 5.56 Å². The van der Waals surface area contributed by atoms with Gasteiger partial charge in [0.25, 0.3) is 0 Å². The van der Waals surface area contributed by atoms with Crippen LogP contribution in [0.25, 0.3) is 5.57 Å². The Morgan fingerprint density at radius 1 is 1.12 bits per heavy atom. The van der Waals surface area contributed by atoms with Crippen molar-refractivity contribution in [3.8, 4) is 0 Å². The Bertz CT molecular complexity index is 1070. The van der Waals surface area contributed by atoms with Crippen molar-refractivity contribution in [1.29, 1.82) is 0 Å². The van der Waals surface area contributed by atoms with E-state index in [1.54, 1.807) is 6.20 Å². The molecule has 1 aromatic heterocycles. The van der Waals surface area contributed by atoms with Gasteiger partial charge in [0.05, 0.1) is 23.8 Å². The highest BCUT2D eigenvalue weighted by Gasteiger charge is 2.24. The molecule has 0 aliphatic carbocycles. The highest BCUT2D eigenvalue weighted by molar-refractivity contribution is 7.91. The third-order valence-corrected chi connectivity index (χ3v) is 7.79. The van der Waals surface area contributed by atoms with Crippen LogP contribution in [0.5, 0.6) is 0 Å². The van der Waals surface area contributed by atoms with Crippen molar-refractivity contribution in [2.75, 3.05) is 44.4 Å². The number of nitrogens with zero attached hydrogens (tertiary/aromatic N) is 3. The maximum atomic E-state index is 11.9. The van der Waals surface area contributed by atoms with Crippen LogP contribution >= 0.6 is 0 Å². The molecule has 7 heteroatoms. The molecule has 170 valence electrons. The molecule has 32 heavy (non-hydrogen) atoms. The number of ether oxygens (including phenoxy) is 1. The van der Waals surface area contributed by atoms with Gasteiger partial charge in [-0.1, -0.05) is 49.1 Å². The maximum absolute atomic E-state index is 11.9. The number of rotatable bonds is 4. The highest BCUT2D eigenvalue weighted by Crippen LogP contribution is 2.26. The molecule has 1 fully saturated rings. The van der Waals surface area contributed by atoms with Crippen LogP contribution in [0.4, 0.5) is 0 Å². The van der Waals surface area contributed by atoms with Crippen molar-refractivity contribution < 1.29 is 13.2 Å². The van der Waals surface area contributed by atoms with E-state index >= 15 is 0 Å². The summed E-state index contributed by atoms with van der Waals surface area (Å²) in [6.07, 6.45) is 3.94.